The van der Waals surface area contributed by atoms with Gasteiger partial charge in [-0.15, -0.1) is 0 Å². The monoisotopic (exact) mass is 497 g/mol. The van der Waals surface area contributed by atoms with Crippen molar-refractivity contribution in [1.82, 2.24) is 15.1 Å². The van der Waals surface area contributed by atoms with Gasteiger partial charge in [0.2, 0.25) is 6.79 Å². The second-order valence-electron chi connectivity index (χ2n) is 8.18. The van der Waals surface area contributed by atoms with Crippen molar-refractivity contribution in [2.24, 2.45) is 0 Å². The first kappa shape index (κ1) is 21.0. The van der Waals surface area contributed by atoms with E-state index < -0.39 is 0 Å². The molecule has 1 N–H and O–H groups in total. The largest absolute Gasteiger partial charge is 0.454 e. The molecular formula is C24H24BrN3O4. The molecule has 166 valence electrons. The van der Waals surface area contributed by atoms with E-state index in [2.05, 4.69) is 32.4 Å². The first-order valence-corrected chi connectivity index (χ1v) is 11.4. The fourth-order valence-electron chi connectivity index (χ4n) is 4.38. The van der Waals surface area contributed by atoms with Gasteiger partial charge in [-0.05, 0) is 61.7 Å². The van der Waals surface area contributed by atoms with E-state index in [1.165, 1.54) is 0 Å². The minimum absolute atomic E-state index is 0.127. The Labute approximate surface area is 194 Å². The number of halogens is 1. The third-order valence-electron chi connectivity index (χ3n) is 6.35. The van der Waals surface area contributed by atoms with Gasteiger partial charge in [0, 0.05) is 29.6 Å². The maximum atomic E-state index is 13.1. The van der Waals surface area contributed by atoms with Crippen molar-refractivity contribution >= 4 is 21.8 Å². The van der Waals surface area contributed by atoms with Crippen LogP contribution in [0.3, 0.4) is 0 Å². The lowest BCUT2D eigenvalue weighted by Crippen LogP contribution is -2.44. The Hall–Kier alpha value is -2.84. The quantitative estimate of drug-likeness (QED) is 0.572. The predicted octanol–water partition coefficient (Wildman–Crippen LogP) is 4.15. The van der Waals surface area contributed by atoms with Crippen molar-refractivity contribution in [2.45, 2.75) is 25.2 Å². The fourth-order valence-corrected chi connectivity index (χ4v) is 4.64. The van der Waals surface area contributed by atoms with Crippen LogP contribution in [-0.4, -0.2) is 42.2 Å². The van der Waals surface area contributed by atoms with E-state index in [-0.39, 0.29) is 18.1 Å². The molecule has 1 aromatic heterocycles. The summed E-state index contributed by atoms with van der Waals surface area (Å²) in [4.78, 5) is 13.1. The van der Waals surface area contributed by atoms with Crippen molar-refractivity contribution in [3.05, 3.63) is 70.0 Å². The number of rotatable bonds is 5. The highest BCUT2D eigenvalue weighted by Crippen LogP contribution is 2.40. The number of nitrogens with zero attached hydrogens (tertiary/aromatic N) is 2. The molecular weight excluding hydrogens is 474 g/mol. The van der Waals surface area contributed by atoms with Gasteiger partial charge in [-0.2, -0.15) is 5.10 Å². The summed E-state index contributed by atoms with van der Waals surface area (Å²) in [6.45, 7) is 3.98. The minimum Gasteiger partial charge on any atom is -0.454 e. The highest BCUT2D eigenvalue weighted by atomic mass is 79.9. The summed E-state index contributed by atoms with van der Waals surface area (Å²) in [6, 6.07) is 13.9. The van der Waals surface area contributed by atoms with E-state index in [9.17, 15) is 4.79 Å². The number of amides is 1. The number of hydrogen-bond donors (Lipinski definition) is 1. The van der Waals surface area contributed by atoms with E-state index in [0.29, 0.717) is 25.3 Å². The van der Waals surface area contributed by atoms with Gasteiger partial charge in [-0.3, -0.25) is 4.79 Å². The van der Waals surface area contributed by atoms with Crippen molar-refractivity contribution in [3.63, 3.8) is 0 Å². The van der Waals surface area contributed by atoms with Crippen LogP contribution in [0.25, 0.3) is 5.69 Å². The molecule has 32 heavy (non-hydrogen) atoms. The van der Waals surface area contributed by atoms with E-state index in [4.69, 9.17) is 14.2 Å². The third kappa shape index (κ3) is 3.89. The SMILES string of the molecule is Cc1c(C(=O)NCC2(c3ccc4c(c3)OCO4)CCOCC2)cnn1-c1ccc(Br)cc1. The molecule has 0 spiro atoms. The smallest absolute Gasteiger partial charge is 0.254 e. The fraction of sp³-hybridized carbons (Fsp3) is 0.333. The molecule has 0 bridgehead atoms. The third-order valence-corrected chi connectivity index (χ3v) is 6.88. The summed E-state index contributed by atoms with van der Waals surface area (Å²) >= 11 is 3.45. The second kappa shape index (κ2) is 8.60. The predicted molar refractivity (Wildman–Crippen MR) is 123 cm³/mol. The number of aromatic nitrogens is 2. The van der Waals surface area contributed by atoms with Crippen LogP contribution in [0.1, 0.15) is 34.5 Å². The number of hydrogen-bond acceptors (Lipinski definition) is 5. The van der Waals surface area contributed by atoms with Crippen molar-refractivity contribution in [2.75, 3.05) is 26.6 Å². The average Bonchev–Trinajstić information content (AvgIpc) is 3.45. The van der Waals surface area contributed by atoms with Gasteiger partial charge in [0.15, 0.2) is 11.5 Å². The molecule has 3 aromatic rings. The molecule has 0 aliphatic carbocycles. The number of nitrogens with one attached hydrogen (secondary N) is 1. The second-order valence-corrected chi connectivity index (χ2v) is 9.09. The van der Waals surface area contributed by atoms with Gasteiger partial charge in [0.1, 0.15) is 0 Å². The van der Waals surface area contributed by atoms with Crippen LogP contribution in [0.5, 0.6) is 11.5 Å². The van der Waals surface area contributed by atoms with Gasteiger partial charge in [-0.25, -0.2) is 4.68 Å². The Morgan fingerprint density at radius 1 is 1.12 bits per heavy atom. The summed E-state index contributed by atoms with van der Waals surface area (Å²) < 4.78 is 19.4. The van der Waals surface area contributed by atoms with Gasteiger partial charge in [0.05, 0.1) is 23.1 Å². The highest BCUT2D eigenvalue weighted by molar-refractivity contribution is 9.10. The number of benzene rings is 2. The molecule has 2 aliphatic rings. The van der Waals surface area contributed by atoms with Gasteiger partial charge in [0.25, 0.3) is 5.91 Å². The molecule has 0 radical (unpaired) electrons. The molecule has 1 amide bonds. The van der Waals surface area contributed by atoms with Crippen molar-refractivity contribution < 1.29 is 19.0 Å². The number of carbonyl (C=O) groups is 1. The van der Waals surface area contributed by atoms with Crippen LogP contribution in [0, 0.1) is 6.92 Å². The maximum Gasteiger partial charge on any atom is 0.254 e. The van der Waals surface area contributed by atoms with Crippen LogP contribution < -0.4 is 14.8 Å². The Kier molecular flexibility index (Phi) is 5.65. The number of carbonyl (C=O) groups excluding carboxylic acids is 1. The summed E-state index contributed by atoms with van der Waals surface area (Å²) in [6.07, 6.45) is 3.28. The standard InChI is InChI=1S/C24H24BrN3O4/c1-16-20(13-27-28(16)19-5-3-18(25)4-6-19)23(29)26-14-24(8-10-30-11-9-24)17-2-7-21-22(12-17)32-15-31-21/h2-7,12-13H,8-11,14-15H2,1H3,(H,26,29). The molecule has 0 unspecified atom stereocenters. The first-order valence-electron chi connectivity index (χ1n) is 10.6. The van der Waals surface area contributed by atoms with E-state index in [0.717, 1.165) is 45.8 Å². The lowest BCUT2D eigenvalue weighted by atomic mass is 9.74. The van der Waals surface area contributed by atoms with Crippen LogP contribution in [0.2, 0.25) is 0 Å². The van der Waals surface area contributed by atoms with Crippen LogP contribution in [0.15, 0.2) is 53.1 Å². The van der Waals surface area contributed by atoms with Crippen molar-refractivity contribution in [3.8, 4) is 17.2 Å². The topological polar surface area (TPSA) is 74.6 Å². The Morgan fingerprint density at radius 2 is 1.88 bits per heavy atom. The lowest BCUT2D eigenvalue weighted by molar-refractivity contribution is 0.0486. The zero-order chi connectivity index (χ0) is 22.1. The number of ether oxygens (including phenoxy) is 3. The van der Waals surface area contributed by atoms with Crippen LogP contribution >= 0.6 is 15.9 Å². The Balaban J connectivity index is 1.36. The molecule has 3 heterocycles. The maximum absolute atomic E-state index is 13.1. The zero-order valence-corrected chi connectivity index (χ0v) is 19.4. The van der Waals surface area contributed by atoms with Gasteiger partial charge in [-0.1, -0.05) is 22.0 Å². The van der Waals surface area contributed by atoms with E-state index in [1.54, 1.807) is 10.9 Å². The average molecular weight is 498 g/mol. The molecule has 2 aromatic carbocycles. The lowest BCUT2D eigenvalue weighted by Gasteiger charge is -2.38. The molecule has 1 fully saturated rings. The first-order chi connectivity index (χ1) is 15.6. The number of fused-ring (bicyclic) bond motifs is 1. The zero-order valence-electron chi connectivity index (χ0n) is 17.8. The molecule has 2 aliphatic heterocycles. The highest BCUT2D eigenvalue weighted by Gasteiger charge is 2.36. The van der Waals surface area contributed by atoms with Gasteiger partial charge >= 0.3 is 0 Å². The molecule has 0 atom stereocenters. The summed E-state index contributed by atoms with van der Waals surface area (Å²) in [7, 11) is 0. The summed E-state index contributed by atoms with van der Waals surface area (Å²) in [5.74, 6) is 1.39. The normalized spacial score (nSPS) is 16.7. The molecule has 5 rings (SSSR count). The van der Waals surface area contributed by atoms with E-state index >= 15 is 0 Å². The van der Waals surface area contributed by atoms with Crippen LogP contribution in [0.4, 0.5) is 0 Å². The van der Waals surface area contributed by atoms with E-state index in [1.807, 2.05) is 43.3 Å². The summed E-state index contributed by atoms with van der Waals surface area (Å²) in [5, 5.41) is 7.60. The molecule has 1 saturated heterocycles. The van der Waals surface area contributed by atoms with Crippen LogP contribution in [-0.2, 0) is 10.2 Å². The summed E-state index contributed by atoms with van der Waals surface area (Å²) in [5.41, 5.74) is 3.19. The Bertz CT molecular complexity index is 1140. The van der Waals surface area contributed by atoms with Crippen molar-refractivity contribution in [1.29, 1.82) is 0 Å². The molecule has 8 heteroatoms. The van der Waals surface area contributed by atoms with Gasteiger partial charge < -0.3 is 19.5 Å². The Morgan fingerprint density at radius 3 is 2.66 bits per heavy atom. The minimum atomic E-state index is -0.218. The molecule has 7 nitrogen and oxygen atoms in total. The molecule has 0 saturated carbocycles.